The average Bonchev–Trinajstić information content (AvgIpc) is 3.13. The van der Waals surface area contributed by atoms with Gasteiger partial charge in [0, 0.05) is 6.20 Å². The van der Waals surface area contributed by atoms with Crippen LogP contribution in [0, 0.1) is 17.0 Å². The third-order valence-corrected chi connectivity index (χ3v) is 3.64. The van der Waals surface area contributed by atoms with E-state index in [1.165, 1.54) is 23.0 Å². The van der Waals surface area contributed by atoms with Gasteiger partial charge in [-0.1, -0.05) is 17.7 Å². The lowest BCUT2D eigenvalue weighted by Gasteiger charge is -2.04. The Kier molecular flexibility index (Phi) is 3.82. The zero-order valence-electron chi connectivity index (χ0n) is 12.4. The summed E-state index contributed by atoms with van der Waals surface area (Å²) in [6.07, 6.45) is 1.41. The highest BCUT2D eigenvalue weighted by Crippen LogP contribution is 2.29. The lowest BCUT2D eigenvalue weighted by molar-refractivity contribution is -0.401. The van der Waals surface area contributed by atoms with Crippen LogP contribution >= 0.6 is 11.6 Å². The lowest BCUT2D eigenvalue weighted by Crippen LogP contribution is -2.11. The quantitative estimate of drug-likeness (QED) is 0.575. The molecule has 0 atom stereocenters. The van der Waals surface area contributed by atoms with Gasteiger partial charge in [0.25, 0.3) is 5.91 Å². The molecular weight excluding hydrogens is 336 g/mol. The number of primary amides is 1. The van der Waals surface area contributed by atoms with Crippen LogP contribution in [-0.2, 0) is 0 Å². The summed E-state index contributed by atoms with van der Waals surface area (Å²) in [6, 6.07) is 7.86. The third-order valence-electron chi connectivity index (χ3n) is 3.33. The number of hydrogen-bond acceptors (Lipinski definition) is 5. The van der Waals surface area contributed by atoms with Crippen molar-refractivity contribution in [3.05, 3.63) is 62.8 Å². The number of nitrogens with zero attached hydrogens (tertiary/aromatic N) is 3. The van der Waals surface area contributed by atoms with Crippen molar-refractivity contribution in [2.75, 3.05) is 0 Å². The van der Waals surface area contributed by atoms with Crippen LogP contribution in [-0.4, -0.2) is 20.6 Å². The van der Waals surface area contributed by atoms with Gasteiger partial charge in [-0.15, -0.1) is 0 Å². The van der Waals surface area contributed by atoms with Crippen LogP contribution in [0.4, 0.5) is 5.88 Å². The smallest absolute Gasteiger partial charge is 0.399 e. The highest BCUT2D eigenvalue weighted by atomic mass is 35.5. The first kappa shape index (κ1) is 15.8. The van der Waals surface area contributed by atoms with Crippen molar-refractivity contribution in [3.63, 3.8) is 0 Å². The number of nitrogens with two attached hydrogens (primary N) is 1. The van der Waals surface area contributed by atoms with Crippen molar-refractivity contribution in [1.82, 2.24) is 9.78 Å². The summed E-state index contributed by atoms with van der Waals surface area (Å²) in [7, 11) is 0. The Labute approximate surface area is 140 Å². The Balaban J connectivity index is 2.14. The molecule has 0 bridgehead atoms. The Morgan fingerprint density at radius 3 is 2.71 bits per heavy atom. The van der Waals surface area contributed by atoms with E-state index < -0.39 is 16.7 Å². The predicted octanol–water partition coefficient (Wildman–Crippen LogP) is 3.10. The van der Waals surface area contributed by atoms with Crippen molar-refractivity contribution < 1.29 is 14.1 Å². The molecule has 0 saturated heterocycles. The van der Waals surface area contributed by atoms with Crippen molar-refractivity contribution in [1.29, 1.82) is 0 Å². The highest BCUT2D eigenvalue weighted by molar-refractivity contribution is 6.32. The van der Waals surface area contributed by atoms with Gasteiger partial charge >= 0.3 is 5.88 Å². The molecule has 3 rings (SSSR count). The lowest BCUT2D eigenvalue weighted by atomic mass is 10.2. The zero-order valence-corrected chi connectivity index (χ0v) is 13.1. The minimum Gasteiger partial charge on any atom is -0.399 e. The molecule has 0 saturated carbocycles. The minimum absolute atomic E-state index is 0.0656. The largest absolute Gasteiger partial charge is 0.433 e. The SMILES string of the molecule is Cc1ccc(-n2cc(C(N)=O)c(-c3ccc([N+](=O)[O-])o3)n2)c(Cl)c1. The van der Waals surface area contributed by atoms with E-state index in [4.69, 9.17) is 21.8 Å². The van der Waals surface area contributed by atoms with Crippen LogP contribution < -0.4 is 5.73 Å². The number of hydrogen-bond donors (Lipinski definition) is 1. The molecule has 2 aromatic heterocycles. The Morgan fingerprint density at radius 2 is 2.12 bits per heavy atom. The molecular formula is C15H11ClN4O4. The second-order valence-corrected chi connectivity index (χ2v) is 5.46. The number of amides is 1. The monoisotopic (exact) mass is 346 g/mol. The number of aryl methyl sites for hydroxylation is 1. The fraction of sp³-hybridized carbons (Fsp3) is 0.0667. The third kappa shape index (κ3) is 2.74. The van der Waals surface area contributed by atoms with E-state index in [0.717, 1.165) is 5.56 Å². The summed E-state index contributed by atoms with van der Waals surface area (Å²) in [4.78, 5) is 21.7. The number of benzene rings is 1. The maximum absolute atomic E-state index is 11.7. The van der Waals surface area contributed by atoms with Gasteiger partial charge in [0.15, 0.2) is 5.76 Å². The molecule has 0 unspecified atom stereocenters. The summed E-state index contributed by atoms with van der Waals surface area (Å²) in [6.45, 7) is 1.89. The van der Waals surface area contributed by atoms with Gasteiger partial charge in [0.1, 0.15) is 10.6 Å². The Bertz CT molecular complexity index is 960. The second kappa shape index (κ2) is 5.82. The normalized spacial score (nSPS) is 10.8. The number of aromatic nitrogens is 2. The molecule has 2 N–H and O–H groups in total. The molecule has 24 heavy (non-hydrogen) atoms. The highest BCUT2D eigenvalue weighted by Gasteiger charge is 2.22. The van der Waals surface area contributed by atoms with Crippen LogP contribution in [0.5, 0.6) is 0 Å². The summed E-state index contributed by atoms with van der Waals surface area (Å²) in [5.41, 5.74) is 7.05. The summed E-state index contributed by atoms with van der Waals surface area (Å²) < 4.78 is 6.49. The van der Waals surface area contributed by atoms with Crippen LogP contribution in [0.1, 0.15) is 15.9 Å². The molecule has 8 nitrogen and oxygen atoms in total. The average molecular weight is 347 g/mol. The first-order chi connectivity index (χ1) is 11.4. The van der Waals surface area contributed by atoms with Crippen molar-refractivity contribution in [2.24, 2.45) is 5.73 Å². The molecule has 3 aromatic rings. The van der Waals surface area contributed by atoms with E-state index >= 15 is 0 Å². The van der Waals surface area contributed by atoms with E-state index in [1.807, 2.05) is 13.0 Å². The number of halogens is 1. The summed E-state index contributed by atoms with van der Waals surface area (Å²) in [5.74, 6) is -1.13. The molecule has 122 valence electrons. The summed E-state index contributed by atoms with van der Waals surface area (Å²) >= 11 is 6.21. The van der Waals surface area contributed by atoms with Gasteiger partial charge in [-0.2, -0.15) is 5.10 Å². The van der Waals surface area contributed by atoms with Crippen molar-refractivity contribution in [2.45, 2.75) is 6.92 Å². The topological polar surface area (TPSA) is 117 Å². The molecule has 9 heteroatoms. The van der Waals surface area contributed by atoms with E-state index in [2.05, 4.69) is 5.10 Å². The Hall–Kier alpha value is -3.13. The van der Waals surface area contributed by atoms with Crippen molar-refractivity contribution in [3.8, 4) is 17.1 Å². The fourth-order valence-corrected chi connectivity index (χ4v) is 2.53. The number of rotatable bonds is 4. The fourth-order valence-electron chi connectivity index (χ4n) is 2.21. The molecule has 1 amide bonds. The van der Waals surface area contributed by atoms with Gasteiger partial charge in [-0.05, 0) is 30.7 Å². The Morgan fingerprint density at radius 1 is 1.38 bits per heavy atom. The molecule has 0 spiro atoms. The van der Waals surface area contributed by atoms with Crippen LogP contribution in [0.3, 0.4) is 0 Å². The van der Waals surface area contributed by atoms with Gasteiger partial charge < -0.3 is 10.2 Å². The molecule has 0 fully saturated rings. The minimum atomic E-state index is -0.737. The second-order valence-electron chi connectivity index (χ2n) is 5.05. The molecule has 0 aliphatic carbocycles. The molecule has 0 aliphatic rings. The molecule has 0 aliphatic heterocycles. The van der Waals surface area contributed by atoms with Gasteiger partial charge in [-0.3, -0.25) is 14.9 Å². The molecule has 1 aromatic carbocycles. The molecule has 0 radical (unpaired) electrons. The van der Waals surface area contributed by atoms with E-state index in [1.54, 1.807) is 12.1 Å². The van der Waals surface area contributed by atoms with Crippen molar-refractivity contribution >= 4 is 23.4 Å². The van der Waals surface area contributed by atoms with Crippen LogP contribution in [0.25, 0.3) is 17.1 Å². The van der Waals surface area contributed by atoms with Crippen LogP contribution in [0.15, 0.2) is 40.9 Å². The number of nitro groups is 1. The maximum atomic E-state index is 11.7. The first-order valence-electron chi connectivity index (χ1n) is 6.77. The van der Waals surface area contributed by atoms with Crippen LogP contribution in [0.2, 0.25) is 5.02 Å². The molecule has 2 heterocycles. The number of carbonyl (C=O) groups is 1. The van der Waals surface area contributed by atoms with Gasteiger partial charge in [-0.25, -0.2) is 4.68 Å². The predicted molar refractivity (Wildman–Crippen MR) is 86.2 cm³/mol. The van der Waals surface area contributed by atoms with Gasteiger partial charge in [0.2, 0.25) is 0 Å². The first-order valence-corrected chi connectivity index (χ1v) is 7.15. The number of furan rings is 1. The maximum Gasteiger partial charge on any atom is 0.433 e. The van der Waals surface area contributed by atoms with E-state index in [0.29, 0.717) is 10.7 Å². The standard InChI is InChI=1S/C15H11ClN4O4/c1-8-2-3-11(10(16)6-8)19-7-9(15(17)21)14(18-19)12-4-5-13(24-12)20(22)23/h2-7H,1H3,(H2,17,21). The summed E-state index contributed by atoms with van der Waals surface area (Å²) in [5, 5.41) is 15.4. The van der Waals surface area contributed by atoms with Gasteiger partial charge in [0.05, 0.1) is 22.3 Å². The van der Waals surface area contributed by atoms with E-state index in [9.17, 15) is 14.9 Å². The van der Waals surface area contributed by atoms with E-state index in [-0.39, 0.29) is 17.0 Å². The number of carbonyl (C=O) groups excluding carboxylic acids is 1. The zero-order chi connectivity index (χ0) is 17.4.